The van der Waals surface area contributed by atoms with Crippen LogP contribution in [0.1, 0.15) is 12.0 Å². The third kappa shape index (κ3) is 5.18. The van der Waals surface area contributed by atoms with E-state index in [2.05, 4.69) is 37.2 Å². The Labute approximate surface area is 221 Å². The molecule has 7 nitrogen and oxygen atoms in total. The molecule has 0 spiro atoms. The summed E-state index contributed by atoms with van der Waals surface area (Å²) in [5.74, 6) is -0.308. The van der Waals surface area contributed by atoms with Gasteiger partial charge in [0.2, 0.25) is 0 Å². The zero-order valence-electron chi connectivity index (χ0n) is 21.3. The van der Waals surface area contributed by atoms with Crippen LogP contribution in [0.15, 0.2) is 73.4 Å². The van der Waals surface area contributed by atoms with Gasteiger partial charge in [0.25, 0.3) is 0 Å². The predicted molar refractivity (Wildman–Crippen MR) is 146 cm³/mol. The third-order valence-corrected chi connectivity index (χ3v) is 6.96. The number of halogens is 1. The van der Waals surface area contributed by atoms with Crippen LogP contribution in [-0.2, 0) is 11.3 Å². The highest BCUT2D eigenvalue weighted by molar-refractivity contribution is 5.95. The topological polar surface area (TPSA) is 69.0 Å². The molecule has 0 saturated carbocycles. The zero-order valence-corrected chi connectivity index (χ0v) is 21.3. The van der Waals surface area contributed by atoms with E-state index in [4.69, 9.17) is 4.74 Å². The molecule has 8 heteroatoms. The predicted octanol–water partition coefficient (Wildman–Crippen LogP) is 5.39. The van der Waals surface area contributed by atoms with E-state index in [1.54, 1.807) is 12.3 Å². The van der Waals surface area contributed by atoms with Gasteiger partial charge < -0.3 is 4.74 Å². The minimum absolute atomic E-state index is 0.308. The summed E-state index contributed by atoms with van der Waals surface area (Å²) in [7, 11) is 0. The van der Waals surface area contributed by atoms with E-state index in [0.29, 0.717) is 16.9 Å². The van der Waals surface area contributed by atoms with E-state index in [9.17, 15) is 4.39 Å². The number of benzene rings is 1. The number of aromatic nitrogens is 5. The molecule has 1 aliphatic rings. The summed E-state index contributed by atoms with van der Waals surface area (Å²) in [6, 6.07) is 13.0. The van der Waals surface area contributed by atoms with Crippen LogP contribution in [0.3, 0.4) is 0 Å². The lowest BCUT2D eigenvalue weighted by atomic mass is 9.98. The van der Waals surface area contributed by atoms with Gasteiger partial charge in [-0.3, -0.25) is 14.6 Å². The van der Waals surface area contributed by atoms with E-state index >= 15 is 0 Å². The number of morpholine rings is 1. The summed E-state index contributed by atoms with van der Waals surface area (Å²) in [6.07, 6.45) is 10.4. The average Bonchev–Trinajstić information content (AvgIpc) is 3.43. The molecule has 6 rings (SSSR count). The Balaban J connectivity index is 1.30. The van der Waals surface area contributed by atoms with Crippen molar-refractivity contribution in [2.45, 2.75) is 19.9 Å². The smallest absolute Gasteiger partial charge is 0.160 e. The largest absolute Gasteiger partial charge is 0.379 e. The minimum Gasteiger partial charge on any atom is -0.379 e. The molecular weight excluding hydrogens is 479 g/mol. The first kappa shape index (κ1) is 24.3. The first-order valence-corrected chi connectivity index (χ1v) is 12.9. The van der Waals surface area contributed by atoms with E-state index in [-0.39, 0.29) is 5.82 Å². The van der Waals surface area contributed by atoms with Crippen LogP contribution in [0, 0.1) is 12.7 Å². The second-order valence-corrected chi connectivity index (χ2v) is 9.67. The van der Waals surface area contributed by atoms with E-state index in [0.717, 1.165) is 79.0 Å². The average molecular weight is 509 g/mol. The van der Waals surface area contributed by atoms with Crippen LogP contribution in [0.4, 0.5) is 4.39 Å². The molecule has 1 aromatic carbocycles. The molecule has 0 amide bonds. The van der Waals surface area contributed by atoms with Gasteiger partial charge in [-0.25, -0.2) is 14.4 Å². The van der Waals surface area contributed by atoms with Crippen molar-refractivity contribution < 1.29 is 9.13 Å². The highest BCUT2D eigenvalue weighted by Crippen LogP contribution is 2.34. The number of ether oxygens (including phenoxy) is 1. The molecule has 5 heterocycles. The van der Waals surface area contributed by atoms with Crippen molar-refractivity contribution in [2.75, 3.05) is 32.8 Å². The number of nitrogens with zero attached hydrogens (tertiary/aromatic N) is 6. The number of fused-ring (bicyclic) bond motifs is 1. The molecule has 0 unspecified atom stereocenters. The first-order chi connectivity index (χ1) is 18.6. The molecule has 38 heavy (non-hydrogen) atoms. The van der Waals surface area contributed by atoms with Crippen molar-refractivity contribution in [3.05, 3.63) is 84.8 Å². The van der Waals surface area contributed by atoms with Crippen molar-refractivity contribution in [3.63, 3.8) is 0 Å². The fourth-order valence-corrected chi connectivity index (χ4v) is 4.93. The second kappa shape index (κ2) is 10.8. The van der Waals surface area contributed by atoms with Gasteiger partial charge in [0.15, 0.2) is 5.65 Å². The number of rotatable bonds is 7. The molecule has 5 aromatic rings. The van der Waals surface area contributed by atoms with Gasteiger partial charge in [-0.2, -0.15) is 5.10 Å². The molecule has 0 radical (unpaired) electrons. The van der Waals surface area contributed by atoms with Gasteiger partial charge in [-0.1, -0.05) is 11.6 Å². The number of hydrogen-bond acceptors (Lipinski definition) is 6. The number of pyridine rings is 3. The van der Waals surface area contributed by atoms with Crippen LogP contribution < -0.4 is 0 Å². The lowest BCUT2D eigenvalue weighted by molar-refractivity contribution is 0.0368. The number of aryl methyl sites for hydroxylation is 2. The molecule has 0 bridgehead atoms. The van der Waals surface area contributed by atoms with E-state index in [1.165, 1.54) is 6.07 Å². The lowest BCUT2D eigenvalue weighted by Gasteiger charge is -2.26. The van der Waals surface area contributed by atoms with Crippen LogP contribution in [0.25, 0.3) is 44.5 Å². The number of hydrogen-bond donors (Lipinski definition) is 0. The first-order valence-electron chi connectivity index (χ1n) is 12.9. The SMILES string of the molecule is Cc1ccc(F)c(-c2cc(-c3cncc(-c4cnn(CCCN5CCOCC5)c4)c3)c3cccnc3n2)c1. The fourth-order valence-electron chi connectivity index (χ4n) is 4.93. The summed E-state index contributed by atoms with van der Waals surface area (Å²) in [4.78, 5) is 16.1. The third-order valence-electron chi connectivity index (χ3n) is 6.96. The Hall–Kier alpha value is -4.01. The molecule has 192 valence electrons. The Morgan fingerprint density at radius 1 is 0.921 bits per heavy atom. The van der Waals surface area contributed by atoms with E-state index in [1.807, 2.05) is 54.5 Å². The van der Waals surface area contributed by atoms with Gasteiger partial charge in [0.05, 0.1) is 25.1 Å². The molecule has 0 aliphatic carbocycles. The normalized spacial score (nSPS) is 14.3. The molecule has 4 aromatic heterocycles. The van der Waals surface area contributed by atoms with Crippen LogP contribution >= 0.6 is 0 Å². The Kier molecular flexibility index (Phi) is 6.90. The van der Waals surface area contributed by atoms with Crippen LogP contribution in [0.2, 0.25) is 0 Å². The van der Waals surface area contributed by atoms with Gasteiger partial charge in [-0.15, -0.1) is 0 Å². The van der Waals surface area contributed by atoms with Crippen molar-refractivity contribution in [3.8, 4) is 33.5 Å². The van der Waals surface area contributed by atoms with Crippen molar-refractivity contribution in [1.82, 2.24) is 29.6 Å². The standard InChI is InChI=1S/C30H29FN6O/c1-21-5-6-28(31)27(14-21)29-16-26(25-4-2-7-33-30(25)35-29)23-15-22(17-32-18-23)24-19-34-37(20-24)9-3-8-36-10-12-38-13-11-36/h2,4-7,14-20H,3,8-13H2,1H3. The quantitative estimate of drug-likeness (QED) is 0.294. The van der Waals surface area contributed by atoms with Gasteiger partial charge in [0.1, 0.15) is 5.82 Å². The molecule has 1 aliphatic heterocycles. The monoisotopic (exact) mass is 508 g/mol. The summed E-state index contributed by atoms with van der Waals surface area (Å²) >= 11 is 0. The van der Waals surface area contributed by atoms with Crippen molar-refractivity contribution in [2.24, 2.45) is 0 Å². The maximum absolute atomic E-state index is 14.8. The summed E-state index contributed by atoms with van der Waals surface area (Å²) in [5, 5.41) is 5.47. The molecule has 0 atom stereocenters. The lowest BCUT2D eigenvalue weighted by Crippen LogP contribution is -2.37. The van der Waals surface area contributed by atoms with Crippen molar-refractivity contribution in [1.29, 1.82) is 0 Å². The minimum atomic E-state index is -0.308. The highest BCUT2D eigenvalue weighted by atomic mass is 19.1. The highest BCUT2D eigenvalue weighted by Gasteiger charge is 2.15. The van der Waals surface area contributed by atoms with E-state index < -0.39 is 0 Å². The van der Waals surface area contributed by atoms with Crippen LogP contribution in [-0.4, -0.2) is 62.5 Å². The molecular formula is C30H29FN6O. The van der Waals surface area contributed by atoms with Gasteiger partial charge >= 0.3 is 0 Å². The summed E-state index contributed by atoms with van der Waals surface area (Å²) < 4.78 is 22.2. The Morgan fingerprint density at radius 3 is 2.68 bits per heavy atom. The Bertz CT molecular complexity index is 1580. The van der Waals surface area contributed by atoms with Crippen molar-refractivity contribution >= 4 is 11.0 Å². The second-order valence-electron chi connectivity index (χ2n) is 9.67. The maximum Gasteiger partial charge on any atom is 0.160 e. The van der Waals surface area contributed by atoms with Gasteiger partial charge in [0, 0.05) is 78.6 Å². The van der Waals surface area contributed by atoms with Gasteiger partial charge in [-0.05, 0) is 55.3 Å². The molecule has 1 fully saturated rings. The zero-order chi connectivity index (χ0) is 25.9. The molecule has 0 N–H and O–H groups in total. The summed E-state index contributed by atoms with van der Waals surface area (Å²) in [6.45, 7) is 7.48. The maximum atomic E-state index is 14.8. The summed E-state index contributed by atoms with van der Waals surface area (Å²) in [5.41, 5.74) is 6.35. The van der Waals surface area contributed by atoms with Crippen LogP contribution in [0.5, 0.6) is 0 Å². The fraction of sp³-hybridized carbons (Fsp3) is 0.267. The Morgan fingerprint density at radius 2 is 1.79 bits per heavy atom. The molecule has 1 saturated heterocycles.